The summed E-state index contributed by atoms with van der Waals surface area (Å²) in [4.78, 5) is 0. The molecule has 0 unspecified atom stereocenters. The molecule has 1 aromatic rings. The SMILES string of the molecule is CC(C)c1cn(C)c(C(C)C)c1C(C)C. The zero-order chi connectivity index (χ0) is 11.7. The molecule has 0 atom stereocenters. The van der Waals surface area contributed by atoms with Gasteiger partial charge in [-0.15, -0.1) is 0 Å². The van der Waals surface area contributed by atoms with Crippen LogP contribution in [0.4, 0.5) is 0 Å². The third kappa shape index (κ3) is 2.27. The second-order valence-corrected chi connectivity index (χ2v) is 5.46. The minimum atomic E-state index is 0.611. The highest BCUT2D eigenvalue weighted by Crippen LogP contribution is 2.34. The third-order valence-electron chi connectivity index (χ3n) is 3.05. The first kappa shape index (κ1) is 12.4. The van der Waals surface area contributed by atoms with Crippen molar-refractivity contribution in [3.05, 3.63) is 23.0 Å². The second kappa shape index (κ2) is 4.42. The molecule has 0 fully saturated rings. The summed E-state index contributed by atoms with van der Waals surface area (Å²) in [5.74, 6) is 1.86. The highest BCUT2D eigenvalue weighted by molar-refractivity contribution is 5.38. The van der Waals surface area contributed by atoms with Gasteiger partial charge in [0.05, 0.1) is 0 Å². The Balaban J connectivity index is 3.38. The van der Waals surface area contributed by atoms with Crippen LogP contribution in [0.3, 0.4) is 0 Å². The summed E-state index contributed by atoms with van der Waals surface area (Å²) in [5, 5.41) is 0. The number of aryl methyl sites for hydroxylation is 1. The van der Waals surface area contributed by atoms with E-state index < -0.39 is 0 Å². The van der Waals surface area contributed by atoms with Gasteiger partial charge < -0.3 is 4.57 Å². The average molecular weight is 207 g/mol. The fourth-order valence-electron chi connectivity index (χ4n) is 2.49. The normalized spacial score (nSPS) is 12.1. The van der Waals surface area contributed by atoms with Crippen molar-refractivity contribution >= 4 is 0 Å². The molecule has 1 aromatic heterocycles. The molecule has 0 saturated carbocycles. The molecule has 0 radical (unpaired) electrons. The van der Waals surface area contributed by atoms with Gasteiger partial charge in [0, 0.05) is 18.9 Å². The molecule has 15 heavy (non-hydrogen) atoms. The van der Waals surface area contributed by atoms with Crippen LogP contribution in [0.15, 0.2) is 6.20 Å². The molecule has 1 rings (SSSR count). The molecule has 0 aliphatic heterocycles. The van der Waals surface area contributed by atoms with E-state index in [0.717, 1.165) is 0 Å². The van der Waals surface area contributed by atoms with Gasteiger partial charge in [-0.25, -0.2) is 0 Å². The average Bonchev–Trinajstić information content (AvgIpc) is 2.42. The molecule has 0 saturated heterocycles. The molecule has 0 spiro atoms. The number of hydrogen-bond acceptors (Lipinski definition) is 0. The van der Waals surface area contributed by atoms with Crippen LogP contribution in [0.5, 0.6) is 0 Å². The van der Waals surface area contributed by atoms with E-state index in [-0.39, 0.29) is 0 Å². The smallest absolute Gasteiger partial charge is 0.0235 e. The Labute approximate surface area is 94.5 Å². The fraction of sp³-hybridized carbons (Fsp3) is 0.714. The number of aromatic nitrogens is 1. The molecule has 1 nitrogen and oxygen atoms in total. The maximum absolute atomic E-state index is 2.31. The van der Waals surface area contributed by atoms with Crippen LogP contribution >= 0.6 is 0 Å². The number of rotatable bonds is 3. The zero-order valence-corrected chi connectivity index (χ0v) is 11.3. The molecule has 0 aromatic carbocycles. The Morgan fingerprint density at radius 3 is 1.73 bits per heavy atom. The van der Waals surface area contributed by atoms with Crippen LogP contribution in [0.1, 0.15) is 76.1 Å². The van der Waals surface area contributed by atoms with Gasteiger partial charge >= 0.3 is 0 Å². The van der Waals surface area contributed by atoms with Crippen molar-refractivity contribution < 1.29 is 0 Å². The monoisotopic (exact) mass is 207 g/mol. The highest BCUT2D eigenvalue weighted by Gasteiger charge is 2.20. The van der Waals surface area contributed by atoms with Gasteiger partial charge in [-0.3, -0.25) is 0 Å². The number of hydrogen-bond donors (Lipinski definition) is 0. The van der Waals surface area contributed by atoms with Gasteiger partial charge in [0.25, 0.3) is 0 Å². The summed E-state index contributed by atoms with van der Waals surface area (Å²) in [6.07, 6.45) is 2.31. The van der Waals surface area contributed by atoms with Gasteiger partial charge in [0.1, 0.15) is 0 Å². The highest BCUT2D eigenvalue weighted by atomic mass is 14.9. The van der Waals surface area contributed by atoms with Crippen molar-refractivity contribution in [1.29, 1.82) is 0 Å². The van der Waals surface area contributed by atoms with Gasteiger partial charge in [-0.1, -0.05) is 41.5 Å². The second-order valence-electron chi connectivity index (χ2n) is 5.46. The first-order valence-electron chi connectivity index (χ1n) is 6.05. The molecule has 0 bridgehead atoms. The predicted molar refractivity (Wildman–Crippen MR) is 67.7 cm³/mol. The predicted octanol–water partition coefficient (Wildman–Crippen LogP) is 4.40. The Kier molecular flexibility index (Phi) is 3.64. The molecule has 1 heteroatoms. The van der Waals surface area contributed by atoms with E-state index in [1.165, 1.54) is 11.3 Å². The Bertz CT molecular complexity index is 329. The maximum atomic E-state index is 2.31. The van der Waals surface area contributed by atoms with Gasteiger partial charge in [-0.2, -0.15) is 0 Å². The molecule has 0 aliphatic carbocycles. The van der Waals surface area contributed by atoms with E-state index in [9.17, 15) is 0 Å². The van der Waals surface area contributed by atoms with Crippen molar-refractivity contribution in [2.75, 3.05) is 0 Å². The zero-order valence-electron chi connectivity index (χ0n) is 11.3. The lowest BCUT2D eigenvalue weighted by Gasteiger charge is -2.16. The van der Waals surface area contributed by atoms with Crippen LogP contribution in [-0.4, -0.2) is 4.57 Å². The lowest BCUT2D eigenvalue weighted by atomic mass is 9.90. The van der Waals surface area contributed by atoms with Crippen molar-refractivity contribution in [2.45, 2.75) is 59.3 Å². The Morgan fingerprint density at radius 1 is 0.867 bits per heavy atom. The maximum Gasteiger partial charge on any atom is 0.0235 e. The molecular weight excluding hydrogens is 182 g/mol. The Morgan fingerprint density at radius 2 is 1.40 bits per heavy atom. The van der Waals surface area contributed by atoms with Gasteiger partial charge in [0.15, 0.2) is 0 Å². The van der Waals surface area contributed by atoms with E-state index in [1.54, 1.807) is 5.56 Å². The minimum Gasteiger partial charge on any atom is -0.354 e. The van der Waals surface area contributed by atoms with Crippen LogP contribution < -0.4 is 0 Å². The number of nitrogens with zero attached hydrogens (tertiary/aromatic N) is 1. The molecule has 1 heterocycles. The fourth-order valence-corrected chi connectivity index (χ4v) is 2.49. The van der Waals surface area contributed by atoms with Crippen molar-refractivity contribution in [3.63, 3.8) is 0 Å². The quantitative estimate of drug-likeness (QED) is 0.692. The lowest BCUT2D eigenvalue weighted by Crippen LogP contribution is -2.03. The largest absolute Gasteiger partial charge is 0.354 e. The van der Waals surface area contributed by atoms with Crippen LogP contribution in [0, 0.1) is 0 Å². The standard InChI is InChI=1S/C14H25N/c1-9(2)12-8-15(7)14(11(5)6)13(12)10(3)4/h8-11H,1-7H3. The van der Waals surface area contributed by atoms with E-state index >= 15 is 0 Å². The van der Waals surface area contributed by atoms with Crippen molar-refractivity contribution in [2.24, 2.45) is 7.05 Å². The van der Waals surface area contributed by atoms with Gasteiger partial charge in [-0.05, 0) is 28.9 Å². The van der Waals surface area contributed by atoms with E-state index in [0.29, 0.717) is 17.8 Å². The molecule has 0 amide bonds. The topological polar surface area (TPSA) is 4.93 Å². The van der Waals surface area contributed by atoms with Gasteiger partial charge in [0.2, 0.25) is 0 Å². The summed E-state index contributed by atoms with van der Waals surface area (Å²) in [7, 11) is 2.17. The molecular formula is C14H25N. The van der Waals surface area contributed by atoms with Crippen molar-refractivity contribution in [3.8, 4) is 0 Å². The first-order valence-corrected chi connectivity index (χ1v) is 6.05. The van der Waals surface area contributed by atoms with Crippen LogP contribution in [0.25, 0.3) is 0 Å². The summed E-state index contributed by atoms with van der Waals surface area (Å²) in [5.41, 5.74) is 4.60. The summed E-state index contributed by atoms with van der Waals surface area (Å²) in [6, 6.07) is 0. The van der Waals surface area contributed by atoms with E-state index in [2.05, 4.69) is 59.4 Å². The van der Waals surface area contributed by atoms with E-state index in [1.807, 2.05) is 0 Å². The van der Waals surface area contributed by atoms with E-state index in [4.69, 9.17) is 0 Å². The minimum absolute atomic E-state index is 0.611. The summed E-state index contributed by atoms with van der Waals surface area (Å²) < 4.78 is 2.31. The Hall–Kier alpha value is -0.720. The van der Waals surface area contributed by atoms with Crippen LogP contribution in [-0.2, 0) is 7.05 Å². The van der Waals surface area contributed by atoms with Crippen molar-refractivity contribution in [1.82, 2.24) is 4.57 Å². The molecule has 86 valence electrons. The molecule has 0 aliphatic rings. The summed E-state index contributed by atoms with van der Waals surface area (Å²) in [6.45, 7) is 13.7. The molecule has 0 N–H and O–H groups in total. The summed E-state index contributed by atoms with van der Waals surface area (Å²) >= 11 is 0. The lowest BCUT2D eigenvalue weighted by molar-refractivity contribution is 0.708. The first-order chi connectivity index (χ1) is 6.86. The third-order valence-corrected chi connectivity index (χ3v) is 3.05. The van der Waals surface area contributed by atoms with Crippen LogP contribution in [0.2, 0.25) is 0 Å².